The van der Waals surface area contributed by atoms with E-state index in [0.717, 1.165) is 6.07 Å². The molecule has 1 aromatic heterocycles. The Balaban J connectivity index is 2.24. The van der Waals surface area contributed by atoms with Crippen LogP contribution < -0.4 is 15.2 Å². The molecule has 4 nitrogen and oxygen atoms in total. The van der Waals surface area contributed by atoms with Crippen molar-refractivity contribution in [3.63, 3.8) is 0 Å². The molecule has 0 bridgehead atoms. The summed E-state index contributed by atoms with van der Waals surface area (Å²) in [5, 5.41) is 0. The summed E-state index contributed by atoms with van der Waals surface area (Å²) in [6.45, 7) is 0. The molecule has 106 valence electrons. The predicted octanol–water partition coefficient (Wildman–Crippen LogP) is 4.12. The van der Waals surface area contributed by atoms with E-state index in [1.807, 2.05) is 0 Å². The number of aromatic nitrogens is 1. The molecule has 0 radical (unpaired) electrons. The highest BCUT2D eigenvalue weighted by Crippen LogP contribution is 2.35. The first kappa shape index (κ1) is 14.4. The molecular weight excluding hydrogens is 341 g/mol. The molecule has 0 fully saturated rings. The van der Waals surface area contributed by atoms with Gasteiger partial charge in [0.25, 0.3) is 0 Å². The summed E-state index contributed by atoms with van der Waals surface area (Å²) >= 11 is 3.19. The van der Waals surface area contributed by atoms with Crippen molar-refractivity contribution in [3.8, 4) is 17.2 Å². The highest BCUT2D eigenvalue weighted by molar-refractivity contribution is 9.10. The Labute approximate surface area is 120 Å². The molecule has 0 saturated heterocycles. The summed E-state index contributed by atoms with van der Waals surface area (Å²) in [4.78, 5) is 3.83. The monoisotopic (exact) mass is 348 g/mol. The molecule has 0 amide bonds. The number of alkyl halides is 3. The van der Waals surface area contributed by atoms with E-state index >= 15 is 0 Å². The average Bonchev–Trinajstić information content (AvgIpc) is 2.32. The third kappa shape index (κ3) is 3.77. The first-order valence-corrected chi connectivity index (χ1v) is 6.07. The van der Waals surface area contributed by atoms with Crippen LogP contribution in [0.1, 0.15) is 0 Å². The third-order valence-corrected chi connectivity index (χ3v) is 2.70. The zero-order chi connectivity index (χ0) is 14.8. The number of benzene rings is 1. The molecule has 2 N–H and O–H groups in total. The topological polar surface area (TPSA) is 57.4 Å². The van der Waals surface area contributed by atoms with Gasteiger partial charge in [0.1, 0.15) is 11.5 Å². The number of pyridine rings is 1. The second-order valence-corrected chi connectivity index (χ2v) is 4.52. The van der Waals surface area contributed by atoms with Crippen LogP contribution in [0.2, 0.25) is 0 Å². The van der Waals surface area contributed by atoms with Gasteiger partial charge in [-0.3, -0.25) is 4.98 Å². The molecule has 1 aromatic carbocycles. The minimum Gasteiger partial charge on any atom is -0.454 e. The molecule has 0 aliphatic rings. The lowest BCUT2D eigenvalue weighted by atomic mass is 10.3. The highest BCUT2D eigenvalue weighted by atomic mass is 79.9. The van der Waals surface area contributed by atoms with Gasteiger partial charge in [-0.25, -0.2) is 0 Å². The van der Waals surface area contributed by atoms with Crippen molar-refractivity contribution in [2.45, 2.75) is 6.36 Å². The van der Waals surface area contributed by atoms with Crippen molar-refractivity contribution in [2.24, 2.45) is 0 Å². The maximum absolute atomic E-state index is 12.1. The molecule has 1 heterocycles. The van der Waals surface area contributed by atoms with Gasteiger partial charge in [-0.15, -0.1) is 13.2 Å². The van der Waals surface area contributed by atoms with Crippen LogP contribution in [0.25, 0.3) is 0 Å². The molecule has 8 heteroatoms. The normalized spacial score (nSPS) is 11.2. The van der Waals surface area contributed by atoms with E-state index in [1.165, 1.54) is 30.6 Å². The number of rotatable bonds is 3. The Morgan fingerprint density at radius 2 is 1.85 bits per heavy atom. The van der Waals surface area contributed by atoms with Crippen LogP contribution in [-0.2, 0) is 0 Å². The van der Waals surface area contributed by atoms with Crippen LogP contribution in [0.15, 0.2) is 41.1 Å². The lowest BCUT2D eigenvalue weighted by Crippen LogP contribution is -2.17. The summed E-state index contributed by atoms with van der Waals surface area (Å²) in [5.74, 6) is 0.0493. The Kier molecular flexibility index (Phi) is 4.03. The standard InChI is InChI=1S/C12H8BrF3N2O2/c13-9-5-18-6-10(17)11(9)19-7-2-1-3-8(4-7)20-12(14,15)16/h1-6H,17H2. The zero-order valence-corrected chi connectivity index (χ0v) is 11.4. The molecule has 0 saturated carbocycles. The number of hydrogen-bond donors (Lipinski definition) is 1. The maximum atomic E-state index is 12.1. The number of nitrogens with two attached hydrogens (primary N) is 1. The van der Waals surface area contributed by atoms with Crippen molar-refractivity contribution in [1.82, 2.24) is 4.98 Å². The number of ether oxygens (including phenoxy) is 2. The van der Waals surface area contributed by atoms with Crippen molar-refractivity contribution in [1.29, 1.82) is 0 Å². The quantitative estimate of drug-likeness (QED) is 0.906. The molecule has 0 spiro atoms. The van der Waals surface area contributed by atoms with E-state index in [1.54, 1.807) is 0 Å². The number of anilines is 1. The number of hydrogen-bond acceptors (Lipinski definition) is 4. The van der Waals surface area contributed by atoms with E-state index in [2.05, 4.69) is 25.7 Å². The molecule has 2 aromatic rings. The summed E-state index contributed by atoms with van der Waals surface area (Å²) in [6, 6.07) is 5.14. The maximum Gasteiger partial charge on any atom is 0.573 e. The minimum absolute atomic E-state index is 0.158. The second kappa shape index (κ2) is 5.58. The summed E-state index contributed by atoms with van der Waals surface area (Å²) in [6.07, 6.45) is -1.92. The second-order valence-electron chi connectivity index (χ2n) is 3.66. The molecule has 0 aliphatic carbocycles. The van der Waals surface area contributed by atoms with Gasteiger partial charge < -0.3 is 15.2 Å². The van der Waals surface area contributed by atoms with E-state index < -0.39 is 6.36 Å². The van der Waals surface area contributed by atoms with Gasteiger partial charge >= 0.3 is 6.36 Å². The first-order valence-electron chi connectivity index (χ1n) is 5.28. The van der Waals surface area contributed by atoms with Gasteiger partial charge in [0.2, 0.25) is 0 Å². The van der Waals surface area contributed by atoms with E-state index in [0.29, 0.717) is 4.47 Å². The lowest BCUT2D eigenvalue weighted by Gasteiger charge is -2.12. The van der Waals surface area contributed by atoms with Crippen LogP contribution in [-0.4, -0.2) is 11.3 Å². The highest BCUT2D eigenvalue weighted by Gasteiger charge is 2.31. The fraction of sp³-hybridized carbons (Fsp3) is 0.0833. The Morgan fingerprint density at radius 3 is 2.50 bits per heavy atom. The van der Waals surface area contributed by atoms with Crippen LogP contribution in [0.3, 0.4) is 0 Å². The van der Waals surface area contributed by atoms with Gasteiger partial charge in [0.05, 0.1) is 16.4 Å². The van der Waals surface area contributed by atoms with E-state index in [4.69, 9.17) is 10.5 Å². The average molecular weight is 349 g/mol. The fourth-order valence-electron chi connectivity index (χ4n) is 1.40. The van der Waals surface area contributed by atoms with Crippen molar-refractivity contribution in [3.05, 3.63) is 41.1 Å². The molecule has 20 heavy (non-hydrogen) atoms. The molecule has 0 aliphatic heterocycles. The van der Waals surface area contributed by atoms with Crippen molar-refractivity contribution in [2.75, 3.05) is 5.73 Å². The number of nitrogens with zero attached hydrogens (tertiary/aromatic N) is 1. The predicted molar refractivity (Wildman–Crippen MR) is 69.5 cm³/mol. The summed E-state index contributed by atoms with van der Waals surface area (Å²) < 4.78 is 46.1. The summed E-state index contributed by atoms with van der Waals surface area (Å²) in [7, 11) is 0. The van der Waals surface area contributed by atoms with Gasteiger partial charge in [-0.2, -0.15) is 0 Å². The Hall–Kier alpha value is -1.96. The van der Waals surface area contributed by atoms with Gasteiger partial charge in [0.15, 0.2) is 5.75 Å². The largest absolute Gasteiger partial charge is 0.573 e. The molecule has 2 rings (SSSR count). The van der Waals surface area contributed by atoms with E-state index in [9.17, 15) is 13.2 Å². The van der Waals surface area contributed by atoms with E-state index in [-0.39, 0.29) is 22.9 Å². The lowest BCUT2D eigenvalue weighted by molar-refractivity contribution is -0.274. The van der Waals surface area contributed by atoms with Crippen LogP contribution in [0, 0.1) is 0 Å². The fourth-order valence-corrected chi connectivity index (χ4v) is 1.83. The SMILES string of the molecule is Nc1cncc(Br)c1Oc1cccc(OC(F)(F)F)c1. The van der Waals surface area contributed by atoms with Crippen LogP contribution >= 0.6 is 15.9 Å². The zero-order valence-electron chi connectivity index (χ0n) is 9.82. The Bertz CT molecular complexity index is 600. The van der Waals surface area contributed by atoms with Gasteiger partial charge in [0, 0.05) is 12.3 Å². The Morgan fingerprint density at radius 1 is 1.15 bits per heavy atom. The number of halogens is 4. The minimum atomic E-state index is -4.76. The van der Waals surface area contributed by atoms with Crippen LogP contribution in [0.5, 0.6) is 17.2 Å². The molecule has 0 atom stereocenters. The third-order valence-electron chi connectivity index (χ3n) is 2.14. The van der Waals surface area contributed by atoms with Crippen molar-refractivity contribution < 1.29 is 22.6 Å². The van der Waals surface area contributed by atoms with Gasteiger partial charge in [-0.05, 0) is 28.1 Å². The molecule has 0 unspecified atom stereocenters. The van der Waals surface area contributed by atoms with Gasteiger partial charge in [-0.1, -0.05) is 6.07 Å². The molecular formula is C12H8BrF3N2O2. The van der Waals surface area contributed by atoms with Crippen LogP contribution in [0.4, 0.5) is 18.9 Å². The van der Waals surface area contributed by atoms with Crippen molar-refractivity contribution >= 4 is 21.6 Å². The first-order chi connectivity index (χ1) is 9.35. The number of nitrogen functional groups attached to an aromatic ring is 1. The summed E-state index contributed by atoms with van der Waals surface area (Å²) in [5.41, 5.74) is 5.93. The smallest absolute Gasteiger partial charge is 0.454 e.